The molecule has 0 aliphatic rings. The molecule has 0 atom stereocenters. The number of carbonyl (C=O) groups is 1. The number of ether oxygens (including phenoxy) is 3. The molecule has 0 spiro atoms. The first-order chi connectivity index (χ1) is 10.6. The van der Waals surface area contributed by atoms with E-state index in [1.165, 1.54) is 0 Å². The number of benzene rings is 1. The molecule has 0 amide bonds. The molecule has 0 bridgehead atoms. The molecule has 4 nitrogen and oxygen atoms in total. The van der Waals surface area contributed by atoms with Crippen LogP contribution in [0.2, 0.25) is 18.1 Å². The monoisotopic (exact) mass is 334 g/mol. The highest BCUT2D eigenvalue weighted by atomic mass is 28.3. The molecule has 0 heterocycles. The van der Waals surface area contributed by atoms with Crippen molar-refractivity contribution >= 4 is 13.5 Å². The van der Waals surface area contributed by atoms with E-state index in [1.807, 2.05) is 0 Å². The van der Waals surface area contributed by atoms with Crippen LogP contribution in [0.25, 0.3) is 0 Å². The summed E-state index contributed by atoms with van der Waals surface area (Å²) in [7, 11) is 2.53. The van der Waals surface area contributed by atoms with Gasteiger partial charge in [-0.25, -0.2) is 0 Å². The van der Waals surface area contributed by atoms with Crippen LogP contribution in [0.3, 0.4) is 0 Å². The first-order valence-electron chi connectivity index (χ1n) is 7.45. The molecule has 0 unspecified atom stereocenters. The lowest BCUT2D eigenvalue weighted by Crippen LogP contribution is -2.45. The second-order valence-electron chi connectivity index (χ2n) is 6.87. The average molecular weight is 334 g/mol. The van der Waals surface area contributed by atoms with E-state index in [0.29, 0.717) is 22.8 Å². The first-order valence-corrected chi connectivity index (χ1v) is 10.4. The van der Waals surface area contributed by atoms with Gasteiger partial charge in [0.2, 0.25) is 5.75 Å². The predicted molar refractivity (Wildman–Crippen MR) is 95.2 cm³/mol. The Morgan fingerprint density at radius 2 is 1.48 bits per heavy atom. The highest BCUT2D eigenvalue weighted by Crippen LogP contribution is 2.38. The van der Waals surface area contributed by atoms with Crippen molar-refractivity contribution in [3.8, 4) is 29.1 Å². The molecule has 126 valence electrons. The van der Waals surface area contributed by atoms with E-state index in [9.17, 15) is 4.79 Å². The smallest absolute Gasteiger partial charge is 0.203 e. The molecule has 5 heteroatoms. The van der Waals surface area contributed by atoms with Gasteiger partial charge in [0.05, 0.1) is 21.3 Å². The van der Waals surface area contributed by atoms with Crippen molar-refractivity contribution in [1.82, 2.24) is 0 Å². The Morgan fingerprint density at radius 1 is 1.00 bits per heavy atom. The molecule has 0 fully saturated rings. The lowest BCUT2D eigenvalue weighted by Gasteiger charge is -2.33. The zero-order valence-corrected chi connectivity index (χ0v) is 16.3. The third kappa shape index (κ3) is 4.08. The summed E-state index contributed by atoms with van der Waals surface area (Å²) in [6, 6.07) is 3.49. The van der Waals surface area contributed by atoms with E-state index in [1.54, 1.807) is 33.5 Å². The Labute approximate surface area is 140 Å². The van der Waals surface area contributed by atoms with Crippen molar-refractivity contribution in [2.24, 2.45) is 0 Å². The summed E-state index contributed by atoms with van der Waals surface area (Å²) in [6.07, 6.45) is 0. The Bertz CT molecular complexity index is 620. The molecule has 0 saturated heterocycles. The van der Waals surface area contributed by atoms with Crippen molar-refractivity contribution in [3.63, 3.8) is 0 Å². The molecule has 0 saturated carbocycles. The number of rotatable bonds is 4. The lowest BCUT2D eigenvalue weighted by molar-refractivity contribution is -0.108. The van der Waals surface area contributed by atoms with Gasteiger partial charge in [0.1, 0.15) is 8.07 Å². The van der Waals surface area contributed by atoms with Gasteiger partial charge in [-0.15, -0.1) is 0 Å². The van der Waals surface area contributed by atoms with E-state index < -0.39 is 8.07 Å². The fourth-order valence-electron chi connectivity index (χ4n) is 1.78. The number of hydrogen-bond acceptors (Lipinski definition) is 4. The highest BCUT2D eigenvalue weighted by molar-refractivity contribution is 7.08. The Kier molecular flexibility index (Phi) is 5.90. The van der Waals surface area contributed by atoms with Crippen LogP contribution in [0.1, 0.15) is 26.3 Å². The van der Waals surface area contributed by atoms with Gasteiger partial charge < -0.3 is 14.2 Å². The summed E-state index contributed by atoms with van der Waals surface area (Å²) in [6.45, 7) is 10.4. The first kappa shape index (κ1) is 19.1. The lowest BCUT2D eigenvalue weighted by atomic mass is 10.2. The SMILES string of the molecule is COc1cc(C#CC(=O)[Si](C)(C)C(C)(C)C)cc(OC)c1OC. The zero-order valence-electron chi connectivity index (χ0n) is 15.3. The van der Waals surface area contributed by atoms with Crippen LogP contribution in [0.4, 0.5) is 0 Å². The van der Waals surface area contributed by atoms with E-state index >= 15 is 0 Å². The van der Waals surface area contributed by atoms with Crippen LogP contribution < -0.4 is 14.2 Å². The average Bonchev–Trinajstić information content (AvgIpc) is 2.49. The van der Waals surface area contributed by atoms with Crippen molar-refractivity contribution in [1.29, 1.82) is 0 Å². The van der Waals surface area contributed by atoms with Crippen LogP contribution in [0.15, 0.2) is 12.1 Å². The summed E-state index contributed by atoms with van der Waals surface area (Å²) >= 11 is 0. The minimum absolute atomic E-state index is 0.0337. The van der Waals surface area contributed by atoms with Gasteiger partial charge in [0, 0.05) is 5.56 Å². The molecular formula is C18H26O4Si. The second-order valence-corrected chi connectivity index (χ2v) is 12.1. The topological polar surface area (TPSA) is 44.8 Å². The van der Waals surface area contributed by atoms with Crippen LogP contribution in [0, 0.1) is 11.8 Å². The number of hydrogen-bond donors (Lipinski definition) is 0. The standard InChI is InChI=1S/C18H26O4Si/c1-18(2,3)23(7,8)16(19)10-9-13-11-14(20-4)17(22-6)15(12-13)21-5/h11-12H,1-8H3. The molecule has 0 aromatic heterocycles. The van der Waals surface area contributed by atoms with Gasteiger partial charge in [-0.3, -0.25) is 4.79 Å². The van der Waals surface area contributed by atoms with Crippen molar-refractivity contribution < 1.29 is 19.0 Å². The van der Waals surface area contributed by atoms with E-state index in [2.05, 4.69) is 45.7 Å². The molecule has 0 aliphatic carbocycles. The summed E-state index contributed by atoms with van der Waals surface area (Å²) in [5.74, 6) is 7.31. The summed E-state index contributed by atoms with van der Waals surface area (Å²) in [4.78, 5) is 12.5. The molecule has 1 aromatic carbocycles. The summed E-state index contributed by atoms with van der Waals surface area (Å²) in [5.41, 5.74) is 0.659. The van der Waals surface area contributed by atoms with Crippen LogP contribution in [-0.4, -0.2) is 34.8 Å². The zero-order chi connectivity index (χ0) is 17.8. The maximum absolute atomic E-state index is 12.5. The molecule has 1 aromatic rings. The van der Waals surface area contributed by atoms with Crippen molar-refractivity contribution in [2.75, 3.05) is 21.3 Å². The Balaban J connectivity index is 3.24. The van der Waals surface area contributed by atoms with Gasteiger partial charge in [-0.2, -0.15) is 0 Å². The third-order valence-electron chi connectivity index (χ3n) is 4.43. The van der Waals surface area contributed by atoms with Gasteiger partial charge in [0.25, 0.3) is 0 Å². The fourth-order valence-corrected chi connectivity index (χ4v) is 2.84. The largest absolute Gasteiger partial charge is 0.493 e. The van der Waals surface area contributed by atoms with Crippen molar-refractivity contribution in [3.05, 3.63) is 17.7 Å². The highest BCUT2D eigenvalue weighted by Gasteiger charge is 2.41. The van der Waals surface area contributed by atoms with Crippen LogP contribution in [-0.2, 0) is 4.79 Å². The number of carbonyl (C=O) groups excluding carboxylic acids is 1. The molecule has 0 aliphatic heterocycles. The Hall–Kier alpha value is -1.93. The maximum atomic E-state index is 12.5. The van der Waals surface area contributed by atoms with E-state index in [0.717, 1.165) is 0 Å². The van der Waals surface area contributed by atoms with E-state index in [4.69, 9.17) is 14.2 Å². The van der Waals surface area contributed by atoms with Gasteiger partial charge in [0.15, 0.2) is 16.9 Å². The molecule has 0 radical (unpaired) electrons. The van der Waals surface area contributed by atoms with Crippen LogP contribution in [0.5, 0.6) is 17.2 Å². The summed E-state index contributed by atoms with van der Waals surface area (Å²) < 4.78 is 15.9. The fraction of sp³-hybridized carbons (Fsp3) is 0.500. The molecule has 0 N–H and O–H groups in total. The third-order valence-corrected chi connectivity index (χ3v) is 9.44. The van der Waals surface area contributed by atoms with Crippen LogP contribution >= 0.6 is 0 Å². The van der Waals surface area contributed by atoms with Gasteiger partial charge >= 0.3 is 0 Å². The van der Waals surface area contributed by atoms with Crippen molar-refractivity contribution in [2.45, 2.75) is 38.9 Å². The summed E-state index contributed by atoms with van der Waals surface area (Å²) in [5, 5.41) is 0.00683. The molecule has 23 heavy (non-hydrogen) atoms. The molecule has 1 rings (SSSR count). The quantitative estimate of drug-likeness (QED) is 0.622. The minimum atomic E-state index is -2.12. The maximum Gasteiger partial charge on any atom is 0.203 e. The normalized spacial score (nSPS) is 11.3. The minimum Gasteiger partial charge on any atom is -0.493 e. The molecular weight excluding hydrogens is 308 g/mol. The predicted octanol–water partition coefficient (Wildman–Crippen LogP) is 3.68. The number of methoxy groups -OCH3 is 3. The second kappa shape index (κ2) is 7.09. The van der Waals surface area contributed by atoms with Gasteiger partial charge in [-0.1, -0.05) is 39.8 Å². The van der Waals surface area contributed by atoms with E-state index in [-0.39, 0.29) is 10.4 Å². The Morgan fingerprint density at radius 3 is 1.83 bits per heavy atom. The van der Waals surface area contributed by atoms with Gasteiger partial charge in [-0.05, 0) is 23.1 Å².